The van der Waals surface area contributed by atoms with Gasteiger partial charge in [0.15, 0.2) is 0 Å². The third-order valence-corrected chi connectivity index (χ3v) is 2.70. The van der Waals surface area contributed by atoms with Crippen molar-refractivity contribution in [3.8, 4) is 5.75 Å². The van der Waals surface area contributed by atoms with Gasteiger partial charge in [-0.15, -0.1) is 0 Å². The topological polar surface area (TPSA) is 51.3 Å². The van der Waals surface area contributed by atoms with E-state index in [-0.39, 0.29) is 5.97 Å². The third-order valence-electron chi connectivity index (χ3n) is 2.70. The number of carbonyl (C=O) groups is 1. The molecule has 0 aliphatic carbocycles. The molecule has 2 rings (SSSR count). The molecule has 0 saturated heterocycles. The number of ether oxygens (including phenoxy) is 2. The lowest BCUT2D eigenvalue weighted by molar-refractivity contribution is 0.0600. The van der Waals surface area contributed by atoms with Crippen LogP contribution in [0.4, 0.5) is 0 Å². The van der Waals surface area contributed by atoms with Gasteiger partial charge < -0.3 is 14.5 Å². The SMILES string of the molecule is COC(=O)c1cc(OC)c2[nH]ccc2c1C. The molecule has 1 N–H and O–H groups in total. The quantitative estimate of drug-likeness (QED) is 0.788. The summed E-state index contributed by atoms with van der Waals surface area (Å²) in [5.41, 5.74) is 2.32. The smallest absolute Gasteiger partial charge is 0.338 e. The standard InChI is InChI=1S/C12H13NO3/c1-7-8-4-5-13-11(8)10(15-2)6-9(7)12(14)16-3/h4-6,13H,1-3H3. The van der Waals surface area contributed by atoms with E-state index < -0.39 is 0 Å². The molecule has 1 aromatic carbocycles. The van der Waals surface area contributed by atoms with Gasteiger partial charge in [-0.25, -0.2) is 4.79 Å². The van der Waals surface area contributed by atoms with Crippen molar-refractivity contribution >= 4 is 16.9 Å². The summed E-state index contributed by atoms with van der Waals surface area (Å²) in [5, 5.41) is 0.972. The second-order valence-corrected chi connectivity index (χ2v) is 3.51. The van der Waals surface area contributed by atoms with Gasteiger partial charge >= 0.3 is 5.97 Å². The second-order valence-electron chi connectivity index (χ2n) is 3.51. The van der Waals surface area contributed by atoms with Crippen molar-refractivity contribution in [2.75, 3.05) is 14.2 Å². The van der Waals surface area contributed by atoms with E-state index in [0.29, 0.717) is 11.3 Å². The summed E-state index contributed by atoms with van der Waals surface area (Å²) in [5.74, 6) is 0.296. The van der Waals surface area contributed by atoms with Crippen LogP contribution in [0.25, 0.3) is 10.9 Å². The highest BCUT2D eigenvalue weighted by Gasteiger charge is 2.16. The van der Waals surface area contributed by atoms with Gasteiger partial charge in [-0.2, -0.15) is 0 Å². The highest BCUT2D eigenvalue weighted by molar-refractivity contribution is 6.00. The Hall–Kier alpha value is -1.97. The summed E-state index contributed by atoms with van der Waals surface area (Å²) in [6.45, 7) is 1.89. The van der Waals surface area contributed by atoms with Crippen molar-refractivity contribution < 1.29 is 14.3 Å². The number of carbonyl (C=O) groups excluding carboxylic acids is 1. The van der Waals surface area contributed by atoms with E-state index in [4.69, 9.17) is 9.47 Å². The maximum atomic E-state index is 11.6. The average molecular weight is 219 g/mol. The van der Waals surface area contributed by atoms with Crippen LogP contribution in [0.1, 0.15) is 15.9 Å². The second kappa shape index (κ2) is 3.89. The minimum absolute atomic E-state index is 0.348. The molecule has 0 saturated carbocycles. The summed E-state index contributed by atoms with van der Waals surface area (Å²) in [6, 6.07) is 3.61. The van der Waals surface area contributed by atoms with Crippen molar-refractivity contribution in [1.82, 2.24) is 4.98 Å². The van der Waals surface area contributed by atoms with Crippen LogP contribution in [-0.2, 0) is 4.74 Å². The van der Waals surface area contributed by atoms with E-state index in [9.17, 15) is 4.79 Å². The van der Waals surface area contributed by atoms with Crippen molar-refractivity contribution in [3.63, 3.8) is 0 Å². The third kappa shape index (κ3) is 1.43. The van der Waals surface area contributed by atoms with Crippen molar-refractivity contribution in [1.29, 1.82) is 0 Å². The molecule has 0 atom stereocenters. The first-order valence-corrected chi connectivity index (χ1v) is 4.92. The van der Waals surface area contributed by atoms with Crippen LogP contribution in [-0.4, -0.2) is 25.2 Å². The Balaban J connectivity index is 2.75. The number of benzene rings is 1. The van der Waals surface area contributed by atoms with Gasteiger partial charge in [0.25, 0.3) is 0 Å². The Bertz CT molecular complexity index is 542. The van der Waals surface area contributed by atoms with Crippen LogP contribution in [0.5, 0.6) is 5.75 Å². The summed E-state index contributed by atoms with van der Waals surface area (Å²) >= 11 is 0. The molecule has 0 unspecified atom stereocenters. The fraction of sp³-hybridized carbons (Fsp3) is 0.250. The molecule has 1 heterocycles. The predicted molar refractivity (Wildman–Crippen MR) is 60.9 cm³/mol. The van der Waals surface area contributed by atoms with Gasteiger partial charge in [-0.3, -0.25) is 0 Å². The molecule has 0 aliphatic heterocycles. The highest BCUT2D eigenvalue weighted by Crippen LogP contribution is 2.30. The van der Waals surface area contributed by atoms with E-state index in [2.05, 4.69) is 4.98 Å². The molecule has 0 radical (unpaired) electrons. The summed E-state index contributed by atoms with van der Waals surface area (Å²) in [4.78, 5) is 14.7. The number of aromatic amines is 1. The molecule has 4 heteroatoms. The van der Waals surface area contributed by atoms with Gasteiger partial charge in [-0.05, 0) is 24.6 Å². The predicted octanol–water partition coefficient (Wildman–Crippen LogP) is 2.27. The Morgan fingerprint density at radius 1 is 1.38 bits per heavy atom. The number of fused-ring (bicyclic) bond motifs is 1. The maximum Gasteiger partial charge on any atom is 0.338 e. The van der Waals surface area contributed by atoms with E-state index in [1.165, 1.54) is 7.11 Å². The normalized spacial score (nSPS) is 10.4. The zero-order chi connectivity index (χ0) is 11.7. The number of esters is 1. The Kier molecular flexibility index (Phi) is 2.56. The Labute approximate surface area is 93.2 Å². The van der Waals surface area contributed by atoms with E-state index in [1.807, 2.05) is 19.2 Å². The number of H-pyrrole nitrogens is 1. The van der Waals surface area contributed by atoms with Gasteiger partial charge in [0.05, 0.1) is 25.3 Å². The van der Waals surface area contributed by atoms with E-state index in [1.54, 1.807) is 13.2 Å². The van der Waals surface area contributed by atoms with E-state index >= 15 is 0 Å². The van der Waals surface area contributed by atoms with Gasteiger partial charge in [0, 0.05) is 11.6 Å². The minimum atomic E-state index is -0.348. The Morgan fingerprint density at radius 2 is 2.12 bits per heavy atom. The first-order valence-electron chi connectivity index (χ1n) is 4.92. The van der Waals surface area contributed by atoms with Crippen LogP contribution >= 0.6 is 0 Å². The number of hydrogen-bond acceptors (Lipinski definition) is 3. The average Bonchev–Trinajstić information content (AvgIpc) is 2.78. The van der Waals surface area contributed by atoms with Crippen molar-refractivity contribution in [2.24, 2.45) is 0 Å². The van der Waals surface area contributed by atoms with Gasteiger partial charge in [0.1, 0.15) is 5.75 Å². The molecule has 16 heavy (non-hydrogen) atoms. The van der Waals surface area contributed by atoms with Crippen LogP contribution < -0.4 is 4.74 Å². The van der Waals surface area contributed by atoms with Crippen LogP contribution in [0.2, 0.25) is 0 Å². The number of hydrogen-bond donors (Lipinski definition) is 1. The molecule has 2 aromatic rings. The summed E-state index contributed by atoms with van der Waals surface area (Å²) in [6.07, 6.45) is 1.82. The fourth-order valence-corrected chi connectivity index (χ4v) is 1.83. The summed E-state index contributed by atoms with van der Waals surface area (Å²) in [7, 11) is 2.95. The van der Waals surface area contributed by atoms with Crippen molar-refractivity contribution in [3.05, 3.63) is 29.5 Å². The van der Waals surface area contributed by atoms with Crippen LogP contribution in [0.15, 0.2) is 18.3 Å². The lowest BCUT2D eigenvalue weighted by atomic mass is 10.0. The molecule has 0 spiro atoms. The maximum absolute atomic E-state index is 11.6. The first kappa shape index (κ1) is 10.5. The molecule has 4 nitrogen and oxygen atoms in total. The summed E-state index contributed by atoms with van der Waals surface area (Å²) < 4.78 is 9.97. The molecule has 0 amide bonds. The van der Waals surface area contributed by atoms with Gasteiger partial charge in [0.2, 0.25) is 0 Å². The zero-order valence-electron chi connectivity index (χ0n) is 9.46. The molecule has 0 bridgehead atoms. The van der Waals surface area contributed by atoms with E-state index in [0.717, 1.165) is 16.5 Å². The van der Waals surface area contributed by atoms with Crippen molar-refractivity contribution in [2.45, 2.75) is 6.92 Å². The number of aryl methyl sites for hydroxylation is 1. The van der Waals surface area contributed by atoms with Crippen LogP contribution in [0, 0.1) is 6.92 Å². The number of aromatic nitrogens is 1. The molecular weight excluding hydrogens is 206 g/mol. The molecular formula is C12H13NO3. The molecule has 84 valence electrons. The molecule has 0 aliphatic rings. The monoisotopic (exact) mass is 219 g/mol. The van der Waals surface area contributed by atoms with Gasteiger partial charge in [-0.1, -0.05) is 0 Å². The number of methoxy groups -OCH3 is 2. The first-order chi connectivity index (χ1) is 7.69. The largest absolute Gasteiger partial charge is 0.495 e. The molecule has 0 fully saturated rings. The number of rotatable bonds is 2. The fourth-order valence-electron chi connectivity index (χ4n) is 1.83. The lowest BCUT2D eigenvalue weighted by Crippen LogP contribution is -2.04. The molecule has 1 aromatic heterocycles. The zero-order valence-corrected chi connectivity index (χ0v) is 9.46. The minimum Gasteiger partial charge on any atom is -0.495 e. The lowest BCUT2D eigenvalue weighted by Gasteiger charge is -2.09. The number of nitrogens with one attached hydrogen (secondary N) is 1. The Morgan fingerprint density at radius 3 is 2.75 bits per heavy atom. The highest BCUT2D eigenvalue weighted by atomic mass is 16.5. The van der Waals surface area contributed by atoms with Crippen LogP contribution in [0.3, 0.4) is 0 Å².